The number of nitrogens with zero attached hydrogens (tertiary/aromatic N) is 1. The number of benzene rings is 2. The second-order valence-electron chi connectivity index (χ2n) is 6.35. The van der Waals surface area contributed by atoms with E-state index >= 15 is 0 Å². The number of alkyl halides is 3. The average Bonchev–Trinajstić information content (AvgIpc) is 2.92. The first kappa shape index (κ1) is 19.5. The molecular formula is C20H18F3NO2S. The summed E-state index contributed by atoms with van der Waals surface area (Å²) in [7, 11) is 0. The van der Waals surface area contributed by atoms with Crippen molar-refractivity contribution in [3.8, 4) is 0 Å². The molecule has 2 aromatic carbocycles. The molecule has 142 valence electrons. The number of likely N-dealkylation sites (tertiary alicyclic amines) is 1. The molecule has 7 heteroatoms. The van der Waals surface area contributed by atoms with Crippen molar-refractivity contribution in [2.75, 3.05) is 13.1 Å². The Morgan fingerprint density at radius 1 is 1.00 bits per heavy atom. The quantitative estimate of drug-likeness (QED) is 0.697. The smallest absolute Gasteiger partial charge is 0.334 e. The zero-order valence-corrected chi connectivity index (χ0v) is 15.2. The first-order chi connectivity index (χ1) is 12.8. The lowest BCUT2D eigenvalue weighted by Gasteiger charge is -2.15. The van der Waals surface area contributed by atoms with Gasteiger partial charge in [-0.25, -0.2) is 0 Å². The zero-order valence-electron chi connectivity index (χ0n) is 14.4. The summed E-state index contributed by atoms with van der Waals surface area (Å²) in [5.74, 6) is -0.267. The predicted molar refractivity (Wildman–Crippen MR) is 98.3 cm³/mol. The van der Waals surface area contributed by atoms with Crippen LogP contribution in [-0.2, 0) is 27.9 Å². The number of rotatable bonds is 6. The third kappa shape index (κ3) is 4.91. The molecule has 1 unspecified atom stereocenters. The van der Waals surface area contributed by atoms with Crippen molar-refractivity contribution in [1.29, 1.82) is 0 Å². The van der Waals surface area contributed by atoms with Crippen molar-refractivity contribution in [1.82, 2.24) is 4.90 Å². The lowest BCUT2D eigenvalue weighted by molar-refractivity contribution is -0.137. The lowest BCUT2D eigenvalue weighted by Crippen LogP contribution is -2.30. The van der Waals surface area contributed by atoms with E-state index in [1.165, 1.54) is 11.0 Å². The number of halogens is 3. The Labute approximate surface area is 159 Å². The summed E-state index contributed by atoms with van der Waals surface area (Å²) < 4.78 is 38.4. The molecule has 0 aromatic heterocycles. The molecule has 1 amide bonds. The fourth-order valence-electron chi connectivity index (χ4n) is 2.93. The highest BCUT2D eigenvalue weighted by Gasteiger charge is 2.39. The Bertz CT molecular complexity index is 823. The van der Waals surface area contributed by atoms with Crippen molar-refractivity contribution in [2.45, 2.75) is 23.6 Å². The highest BCUT2D eigenvalue weighted by atomic mass is 32.2. The molecule has 1 aliphatic heterocycles. The maximum atomic E-state index is 12.8. The summed E-state index contributed by atoms with van der Waals surface area (Å²) in [5, 5.41) is -0.838. The number of hydrogen-bond donors (Lipinski definition) is 0. The molecule has 1 saturated heterocycles. The van der Waals surface area contributed by atoms with Gasteiger partial charge in [-0.15, -0.1) is 11.8 Å². The fourth-order valence-corrected chi connectivity index (χ4v) is 4.02. The highest BCUT2D eigenvalue weighted by molar-refractivity contribution is 8.00. The lowest BCUT2D eigenvalue weighted by atomic mass is 10.1. The molecule has 3 nitrogen and oxygen atoms in total. The van der Waals surface area contributed by atoms with Gasteiger partial charge in [0.05, 0.1) is 12.1 Å². The molecule has 3 rings (SSSR count). The third-order valence-electron chi connectivity index (χ3n) is 4.36. The fraction of sp³-hybridized carbons (Fsp3) is 0.300. The van der Waals surface area contributed by atoms with Gasteiger partial charge in [0.15, 0.2) is 5.78 Å². The molecule has 0 aliphatic carbocycles. The summed E-state index contributed by atoms with van der Waals surface area (Å²) >= 11 is 1.09. The zero-order chi connectivity index (χ0) is 19.4. The number of Topliss-reactive ketones (excluding diaryl/α,β-unsaturated/α-hetero) is 1. The van der Waals surface area contributed by atoms with E-state index in [9.17, 15) is 22.8 Å². The number of hydrogen-bond acceptors (Lipinski definition) is 3. The van der Waals surface area contributed by atoms with Crippen LogP contribution in [0.3, 0.4) is 0 Å². The van der Waals surface area contributed by atoms with Crippen molar-refractivity contribution in [3.63, 3.8) is 0 Å². The van der Waals surface area contributed by atoms with E-state index in [2.05, 4.69) is 0 Å². The van der Waals surface area contributed by atoms with Crippen molar-refractivity contribution in [2.24, 2.45) is 0 Å². The van der Waals surface area contributed by atoms with Gasteiger partial charge in [0, 0.05) is 12.3 Å². The molecule has 2 aromatic rings. The van der Waals surface area contributed by atoms with E-state index in [-0.39, 0.29) is 24.0 Å². The number of carbonyl (C=O) groups is 2. The van der Waals surface area contributed by atoms with Crippen molar-refractivity contribution in [3.05, 3.63) is 71.3 Å². The topological polar surface area (TPSA) is 37.4 Å². The summed E-state index contributed by atoms with van der Waals surface area (Å²) in [6.07, 6.45) is -3.75. The van der Waals surface area contributed by atoms with Crippen LogP contribution in [0, 0.1) is 0 Å². The molecule has 0 spiro atoms. The molecule has 1 aliphatic rings. The van der Waals surface area contributed by atoms with Gasteiger partial charge in [-0.3, -0.25) is 9.59 Å². The Morgan fingerprint density at radius 2 is 1.70 bits per heavy atom. The van der Waals surface area contributed by atoms with Crippen molar-refractivity contribution < 1.29 is 22.8 Å². The van der Waals surface area contributed by atoms with Crippen LogP contribution in [0.2, 0.25) is 0 Å². The van der Waals surface area contributed by atoms with Crippen LogP contribution < -0.4 is 0 Å². The standard InChI is InChI=1S/C20H18F3NO2S/c21-20(22,23)16-8-4-7-15(11-16)13-27-18-17(25)12-24(19(18)26)10-9-14-5-2-1-3-6-14/h1-8,11,18H,9-10,12-13H2. The Kier molecular flexibility index (Phi) is 5.89. The summed E-state index contributed by atoms with van der Waals surface area (Å²) in [6, 6.07) is 14.6. The maximum Gasteiger partial charge on any atom is 0.416 e. The van der Waals surface area contributed by atoms with Gasteiger partial charge < -0.3 is 4.90 Å². The summed E-state index contributed by atoms with van der Waals surface area (Å²) in [5.41, 5.74) is 0.796. The number of amides is 1. The minimum atomic E-state index is -4.41. The SMILES string of the molecule is O=C1CN(CCc2ccccc2)C(=O)C1SCc1cccc(C(F)(F)F)c1. The van der Waals surface area contributed by atoms with Crippen LogP contribution >= 0.6 is 11.8 Å². The van der Waals surface area contributed by atoms with Gasteiger partial charge in [-0.2, -0.15) is 13.2 Å². The molecule has 1 heterocycles. The molecule has 1 fully saturated rings. The van der Waals surface area contributed by atoms with Crippen LogP contribution in [-0.4, -0.2) is 34.9 Å². The number of thioether (sulfide) groups is 1. The Morgan fingerprint density at radius 3 is 2.41 bits per heavy atom. The second kappa shape index (κ2) is 8.17. The van der Waals surface area contributed by atoms with E-state index in [4.69, 9.17) is 0 Å². The normalized spacial score (nSPS) is 17.6. The van der Waals surface area contributed by atoms with E-state index < -0.39 is 17.0 Å². The van der Waals surface area contributed by atoms with Crippen LogP contribution in [0.15, 0.2) is 54.6 Å². The monoisotopic (exact) mass is 393 g/mol. The van der Waals surface area contributed by atoms with Crippen LogP contribution in [0.5, 0.6) is 0 Å². The van der Waals surface area contributed by atoms with Crippen LogP contribution in [0.4, 0.5) is 13.2 Å². The van der Waals surface area contributed by atoms with Gasteiger partial charge in [0.25, 0.3) is 0 Å². The van der Waals surface area contributed by atoms with E-state index in [0.29, 0.717) is 18.5 Å². The van der Waals surface area contributed by atoms with Crippen LogP contribution in [0.1, 0.15) is 16.7 Å². The van der Waals surface area contributed by atoms with Crippen LogP contribution in [0.25, 0.3) is 0 Å². The van der Waals surface area contributed by atoms with Gasteiger partial charge in [-0.05, 0) is 23.6 Å². The average molecular weight is 393 g/mol. The number of carbonyl (C=O) groups excluding carboxylic acids is 2. The first-order valence-corrected chi connectivity index (χ1v) is 9.52. The molecule has 0 bridgehead atoms. The summed E-state index contributed by atoms with van der Waals surface area (Å²) in [4.78, 5) is 26.2. The van der Waals surface area contributed by atoms with Crippen molar-refractivity contribution >= 4 is 23.5 Å². The molecule has 0 N–H and O–H groups in total. The molecule has 1 atom stereocenters. The van der Waals surface area contributed by atoms with Gasteiger partial charge in [-0.1, -0.05) is 48.5 Å². The number of ketones is 1. The largest absolute Gasteiger partial charge is 0.416 e. The minimum Gasteiger partial charge on any atom is -0.334 e. The minimum absolute atomic E-state index is 0.0614. The molecule has 0 radical (unpaired) electrons. The van der Waals surface area contributed by atoms with Gasteiger partial charge >= 0.3 is 6.18 Å². The van der Waals surface area contributed by atoms with Gasteiger partial charge in [0.1, 0.15) is 5.25 Å². The Hall–Kier alpha value is -2.28. The molecule has 27 heavy (non-hydrogen) atoms. The highest BCUT2D eigenvalue weighted by Crippen LogP contribution is 2.31. The van der Waals surface area contributed by atoms with E-state index in [1.54, 1.807) is 6.07 Å². The predicted octanol–water partition coefficient (Wildman–Crippen LogP) is 3.96. The van der Waals surface area contributed by atoms with E-state index in [0.717, 1.165) is 29.5 Å². The first-order valence-electron chi connectivity index (χ1n) is 8.48. The third-order valence-corrected chi connectivity index (χ3v) is 5.66. The van der Waals surface area contributed by atoms with Gasteiger partial charge in [0.2, 0.25) is 5.91 Å². The van der Waals surface area contributed by atoms with E-state index in [1.807, 2.05) is 30.3 Å². The molecular weight excluding hydrogens is 375 g/mol. The maximum absolute atomic E-state index is 12.8. The summed E-state index contributed by atoms with van der Waals surface area (Å²) in [6.45, 7) is 0.515. The molecule has 0 saturated carbocycles. The Balaban J connectivity index is 1.58. The second-order valence-corrected chi connectivity index (χ2v) is 7.44.